The topological polar surface area (TPSA) is 55.1 Å². The molecule has 4 nitrogen and oxygen atoms in total. The fourth-order valence-corrected chi connectivity index (χ4v) is 3.96. The van der Waals surface area contributed by atoms with Gasteiger partial charge in [0.1, 0.15) is 5.76 Å². The number of rotatable bonds is 7. The van der Waals surface area contributed by atoms with Crippen LogP contribution in [0.1, 0.15) is 18.4 Å². The number of nitrogens with zero attached hydrogens (tertiary/aromatic N) is 1. The first kappa shape index (κ1) is 18.6. The van der Waals surface area contributed by atoms with Crippen LogP contribution in [-0.4, -0.2) is 16.3 Å². The lowest BCUT2D eigenvalue weighted by Crippen LogP contribution is -2.22. The van der Waals surface area contributed by atoms with Crippen LogP contribution in [0.25, 0.3) is 0 Å². The van der Waals surface area contributed by atoms with Gasteiger partial charge in [0.15, 0.2) is 0 Å². The number of amides is 1. The zero-order valence-corrected chi connectivity index (χ0v) is 16.3. The van der Waals surface area contributed by atoms with Gasteiger partial charge in [0, 0.05) is 15.9 Å². The second kappa shape index (κ2) is 8.96. The second-order valence-corrected chi connectivity index (χ2v) is 8.23. The van der Waals surface area contributed by atoms with E-state index in [0.29, 0.717) is 5.75 Å². The van der Waals surface area contributed by atoms with E-state index < -0.39 is 0 Å². The molecule has 1 amide bonds. The molecule has 26 heavy (non-hydrogen) atoms. The third-order valence-electron chi connectivity index (χ3n) is 3.64. The summed E-state index contributed by atoms with van der Waals surface area (Å²) in [7, 11) is 0. The van der Waals surface area contributed by atoms with Crippen molar-refractivity contribution in [1.82, 2.24) is 5.16 Å². The van der Waals surface area contributed by atoms with Crippen LogP contribution in [0, 0.1) is 6.92 Å². The third kappa shape index (κ3) is 5.16. The summed E-state index contributed by atoms with van der Waals surface area (Å²) in [5.41, 5.74) is 1.68. The van der Waals surface area contributed by atoms with E-state index in [1.165, 1.54) is 11.8 Å². The first-order valence-corrected chi connectivity index (χ1v) is 10.1. The van der Waals surface area contributed by atoms with E-state index in [1.807, 2.05) is 62.4 Å². The molecule has 0 bridgehead atoms. The normalized spacial score (nSPS) is 11.9. The number of benzene rings is 2. The fraction of sp³-hybridized carbons (Fsp3) is 0.200. The lowest BCUT2D eigenvalue weighted by Gasteiger charge is -2.14. The van der Waals surface area contributed by atoms with Crippen molar-refractivity contribution in [2.75, 3.05) is 5.32 Å². The molecule has 0 unspecified atom stereocenters. The third-order valence-corrected chi connectivity index (χ3v) is 5.89. The van der Waals surface area contributed by atoms with Crippen molar-refractivity contribution in [2.45, 2.75) is 34.6 Å². The van der Waals surface area contributed by atoms with Crippen LogP contribution < -0.4 is 5.32 Å². The van der Waals surface area contributed by atoms with Gasteiger partial charge < -0.3 is 9.84 Å². The Hall–Kier alpha value is -2.18. The van der Waals surface area contributed by atoms with Crippen LogP contribution in [0.3, 0.4) is 0 Å². The van der Waals surface area contributed by atoms with E-state index in [0.717, 1.165) is 26.9 Å². The minimum absolute atomic E-state index is 0.0210. The average Bonchev–Trinajstić information content (AvgIpc) is 3.07. The molecule has 0 aliphatic heterocycles. The van der Waals surface area contributed by atoms with E-state index in [-0.39, 0.29) is 11.2 Å². The van der Waals surface area contributed by atoms with Crippen molar-refractivity contribution < 1.29 is 9.32 Å². The van der Waals surface area contributed by atoms with Gasteiger partial charge in [0.2, 0.25) is 5.91 Å². The lowest BCUT2D eigenvalue weighted by atomic mass is 10.3. The van der Waals surface area contributed by atoms with Gasteiger partial charge in [0.05, 0.1) is 22.4 Å². The van der Waals surface area contributed by atoms with Crippen LogP contribution in [0.2, 0.25) is 0 Å². The number of carbonyl (C=O) groups excluding carboxylic acids is 1. The number of aromatic nitrogens is 1. The molecule has 134 valence electrons. The summed E-state index contributed by atoms with van der Waals surface area (Å²) in [4.78, 5) is 14.7. The van der Waals surface area contributed by atoms with Gasteiger partial charge in [-0.15, -0.1) is 11.8 Å². The molecule has 2 aromatic carbocycles. The summed E-state index contributed by atoms with van der Waals surface area (Å²) < 4.78 is 5.19. The molecular formula is C20H20N2O2S2. The van der Waals surface area contributed by atoms with Gasteiger partial charge in [-0.3, -0.25) is 4.79 Å². The van der Waals surface area contributed by atoms with Gasteiger partial charge in [0.25, 0.3) is 0 Å². The largest absolute Gasteiger partial charge is 0.360 e. The van der Waals surface area contributed by atoms with Crippen molar-refractivity contribution in [3.8, 4) is 0 Å². The number of thioether (sulfide) groups is 1. The zero-order chi connectivity index (χ0) is 18.4. The van der Waals surface area contributed by atoms with Crippen LogP contribution in [0.15, 0.2) is 75.0 Å². The molecule has 0 saturated heterocycles. The summed E-state index contributed by atoms with van der Waals surface area (Å²) >= 11 is 3.16. The first-order valence-electron chi connectivity index (χ1n) is 8.28. The van der Waals surface area contributed by atoms with E-state index in [1.54, 1.807) is 11.8 Å². The van der Waals surface area contributed by atoms with E-state index >= 15 is 0 Å². The molecule has 0 fully saturated rings. The molecule has 0 spiro atoms. The summed E-state index contributed by atoms with van der Waals surface area (Å²) in [6, 6.07) is 19.9. The molecule has 1 atom stereocenters. The minimum Gasteiger partial charge on any atom is -0.360 e. The SMILES string of the molecule is Cc1cc(CS[C@H](C)C(=O)Nc2ccccc2Sc2ccccc2)on1. The Kier molecular flexibility index (Phi) is 6.41. The van der Waals surface area contributed by atoms with E-state index in [2.05, 4.69) is 22.6 Å². The monoisotopic (exact) mass is 384 g/mol. The Labute approximate surface area is 161 Å². The standard InChI is InChI=1S/C20H20N2O2S2/c1-14-12-16(24-22-14)13-25-15(2)20(23)21-18-10-6-7-11-19(18)26-17-8-4-3-5-9-17/h3-12,15H,13H2,1-2H3,(H,21,23)/t15-/m1/s1. The molecule has 3 rings (SSSR count). The van der Waals surface area contributed by atoms with E-state index in [9.17, 15) is 4.79 Å². The Bertz CT molecular complexity index is 865. The van der Waals surface area contributed by atoms with Gasteiger partial charge in [-0.1, -0.05) is 47.3 Å². The Morgan fingerprint density at radius 1 is 1.15 bits per heavy atom. The molecule has 1 heterocycles. The van der Waals surface area contributed by atoms with Crippen LogP contribution in [-0.2, 0) is 10.5 Å². The van der Waals surface area contributed by atoms with Crippen LogP contribution >= 0.6 is 23.5 Å². The van der Waals surface area contributed by atoms with Crippen LogP contribution in [0.4, 0.5) is 5.69 Å². The number of nitrogens with one attached hydrogen (secondary N) is 1. The van der Waals surface area contributed by atoms with Crippen molar-refractivity contribution in [3.63, 3.8) is 0 Å². The number of para-hydroxylation sites is 1. The summed E-state index contributed by atoms with van der Waals surface area (Å²) in [5, 5.41) is 6.71. The predicted octanol–water partition coefficient (Wildman–Crippen LogP) is 5.39. The Balaban J connectivity index is 1.61. The number of anilines is 1. The molecule has 1 N–H and O–H groups in total. The quantitative estimate of drug-likeness (QED) is 0.591. The Morgan fingerprint density at radius 2 is 1.88 bits per heavy atom. The fourth-order valence-electron chi connectivity index (χ4n) is 2.28. The molecule has 6 heteroatoms. The van der Waals surface area contributed by atoms with Gasteiger partial charge in [-0.25, -0.2) is 0 Å². The zero-order valence-electron chi connectivity index (χ0n) is 14.6. The number of carbonyl (C=O) groups is 1. The van der Waals surface area contributed by atoms with Crippen LogP contribution in [0.5, 0.6) is 0 Å². The minimum atomic E-state index is -0.199. The number of aryl methyl sites for hydroxylation is 1. The summed E-state index contributed by atoms with van der Waals surface area (Å²) in [5.74, 6) is 1.38. The van der Waals surface area contributed by atoms with Crippen molar-refractivity contribution in [1.29, 1.82) is 0 Å². The molecule has 0 aliphatic rings. The smallest absolute Gasteiger partial charge is 0.237 e. The molecule has 0 radical (unpaired) electrons. The lowest BCUT2D eigenvalue weighted by molar-refractivity contribution is -0.115. The Morgan fingerprint density at radius 3 is 2.62 bits per heavy atom. The van der Waals surface area contributed by atoms with Gasteiger partial charge in [-0.2, -0.15) is 0 Å². The number of hydrogen-bond acceptors (Lipinski definition) is 5. The van der Waals surface area contributed by atoms with Crippen molar-refractivity contribution in [2.24, 2.45) is 0 Å². The highest BCUT2D eigenvalue weighted by Crippen LogP contribution is 2.33. The maximum atomic E-state index is 12.6. The van der Waals surface area contributed by atoms with Crippen molar-refractivity contribution in [3.05, 3.63) is 72.1 Å². The van der Waals surface area contributed by atoms with Gasteiger partial charge >= 0.3 is 0 Å². The van der Waals surface area contributed by atoms with Crippen molar-refractivity contribution >= 4 is 35.1 Å². The molecule has 1 aromatic heterocycles. The molecular weight excluding hydrogens is 364 g/mol. The first-order chi connectivity index (χ1) is 12.6. The molecule has 3 aromatic rings. The maximum absolute atomic E-state index is 12.6. The highest BCUT2D eigenvalue weighted by Gasteiger charge is 2.16. The number of hydrogen-bond donors (Lipinski definition) is 1. The highest BCUT2D eigenvalue weighted by molar-refractivity contribution is 8.00. The summed E-state index contributed by atoms with van der Waals surface area (Å²) in [6.45, 7) is 3.78. The molecule has 0 saturated carbocycles. The average molecular weight is 385 g/mol. The predicted molar refractivity (Wildman–Crippen MR) is 108 cm³/mol. The van der Waals surface area contributed by atoms with E-state index in [4.69, 9.17) is 4.52 Å². The highest BCUT2D eigenvalue weighted by atomic mass is 32.2. The summed E-state index contributed by atoms with van der Waals surface area (Å²) in [6.07, 6.45) is 0. The maximum Gasteiger partial charge on any atom is 0.237 e. The second-order valence-electron chi connectivity index (χ2n) is 5.79. The molecule has 0 aliphatic carbocycles. The van der Waals surface area contributed by atoms with Gasteiger partial charge in [-0.05, 0) is 38.1 Å².